The molecule has 2 aromatic carbocycles. The second kappa shape index (κ2) is 10.0. The predicted molar refractivity (Wildman–Crippen MR) is 128 cm³/mol. The van der Waals surface area contributed by atoms with Gasteiger partial charge in [0.1, 0.15) is 17.3 Å². The number of nitrogens with zero attached hydrogens (tertiary/aromatic N) is 3. The van der Waals surface area contributed by atoms with Crippen molar-refractivity contribution in [3.05, 3.63) is 84.4 Å². The van der Waals surface area contributed by atoms with Gasteiger partial charge in [-0.3, -0.25) is 4.98 Å². The zero-order valence-electron chi connectivity index (χ0n) is 19.5. The third-order valence-electron chi connectivity index (χ3n) is 6.10. The molecule has 0 saturated carbocycles. The van der Waals surface area contributed by atoms with Crippen molar-refractivity contribution in [2.24, 2.45) is 0 Å². The Morgan fingerprint density at radius 3 is 2.28 bits per heavy atom. The summed E-state index contributed by atoms with van der Waals surface area (Å²) in [7, 11) is 1.63. The fourth-order valence-corrected chi connectivity index (χ4v) is 4.47. The second-order valence-electron chi connectivity index (χ2n) is 8.46. The molecule has 1 aliphatic heterocycles. The van der Waals surface area contributed by atoms with Gasteiger partial charge in [0.15, 0.2) is 0 Å². The Labute approximate surface area is 206 Å². The molecule has 2 aromatic heterocycles. The number of alkyl halides is 3. The molecular formula is C27H24F3N3O3. The summed E-state index contributed by atoms with van der Waals surface area (Å²) in [6, 6.07) is 17.4. The average Bonchev–Trinajstić information content (AvgIpc) is 3.44. The minimum Gasteiger partial charge on any atom is -0.497 e. The molecule has 9 heteroatoms. The molecule has 0 saturated heterocycles. The van der Waals surface area contributed by atoms with Crippen LogP contribution in [0.5, 0.6) is 11.5 Å². The first-order valence-electron chi connectivity index (χ1n) is 11.5. The fraction of sp³-hybridized carbons (Fsp3) is 0.259. The number of methoxy groups -OCH3 is 1. The number of ether oxygens (including phenoxy) is 3. The maximum absolute atomic E-state index is 12.6. The van der Waals surface area contributed by atoms with Gasteiger partial charge in [0, 0.05) is 29.9 Å². The number of aromatic nitrogens is 3. The van der Waals surface area contributed by atoms with Crippen molar-refractivity contribution in [3.8, 4) is 34.0 Å². The quantitative estimate of drug-likeness (QED) is 0.290. The highest BCUT2D eigenvalue weighted by Crippen LogP contribution is 2.40. The highest BCUT2D eigenvalue weighted by atomic mass is 19.4. The monoisotopic (exact) mass is 495 g/mol. The highest BCUT2D eigenvalue weighted by molar-refractivity contribution is 5.79. The van der Waals surface area contributed by atoms with E-state index in [0.717, 1.165) is 41.2 Å². The van der Waals surface area contributed by atoms with E-state index in [-0.39, 0.29) is 11.8 Å². The fourth-order valence-electron chi connectivity index (χ4n) is 4.47. The van der Waals surface area contributed by atoms with Crippen LogP contribution in [0.15, 0.2) is 73.1 Å². The van der Waals surface area contributed by atoms with Gasteiger partial charge in [0.05, 0.1) is 37.8 Å². The van der Waals surface area contributed by atoms with Crippen LogP contribution in [0, 0.1) is 0 Å². The van der Waals surface area contributed by atoms with Crippen molar-refractivity contribution in [1.29, 1.82) is 0 Å². The Kier molecular flexibility index (Phi) is 6.65. The van der Waals surface area contributed by atoms with Crippen molar-refractivity contribution < 1.29 is 27.4 Å². The molecular weight excluding hydrogens is 471 g/mol. The van der Waals surface area contributed by atoms with Gasteiger partial charge in [-0.1, -0.05) is 12.1 Å². The van der Waals surface area contributed by atoms with E-state index in [1.165, 1.54) is 12.1 Å². The van der Waals surface area contributed by atoms with Gasteiger partial charge in [-0.25, -0.2) is 4.98 Å². The van der Waals surface area contributed by atoms with Gasteiger partial charge in [-0.15, -0.1) is 13.2 Å². The molecule has 0 aliphatic carbocycles. The molecule has 0 radical (unpaired) electrons. The van der Waals surface area contributed by atoms with E-state index in [1.54, 1.807) is 31.6 Å². The van der Waals surface area contributed by atoms with Crippen molar-refractivity contribution in [3.63, 3.8) is 0 Å². The first-order valence-corrected chi connectivity index (χ1v) is 11.5. The largest absolute Gasteiger partial charge is 0.573 e. The van der Waals surface area contributed by atoms with Crippen LogP contribution in [0.3, 0.4) is 0 Å². The highest BCUT2D eigenvalue weighted by Gasteiger charge is 2.32. The van der Waals surface area contributed by atoms with Gasteiger partial charge in [0.2, 0.25) is 0 Å². The van der Waals surface area contributed by atoms with Crippen LogP contribution in [-0.4, -0.2) is 34.6 Å². The normalized spacial score (nSPS) is 15.1. The SMILES string of the molecule is COc1ccc(COCC2CCc3nc(-c4ccc(OC(F)(F)F)cc4)c(-c4ccncc4)n32)cc1. The zero-order chi connectivity index (χ0) is 25.1. The summed E-state index contributed by atoms with van der Waals surface area (Å²) in [6.45, 7) is 0.980. The number of imidazole rings is 1. The van der Waals surface area contributed by atoms with E-state index >= 15 is 0 Å². The van der Waals surface area contributed by atoms with Crippen LogP contribution in [0.25, 0.3) is 22.5 Å². The minimum atomic E-state index is -4.74. The van der Waals surface area contributed by atoms with E-state index < -0.39 is 6.36 Å². The number of hydrogen-bond donors (Lipinski definition) is 0. The first kappa shape index (κ1) is 23.9. The molecule has 3 heterocycles. The summed E-state index contributed by atoms with van der Waals surface area (Å²) in [5, 5.41) is 0. The minimum absolute atomic E-state index is 0.0792. The molecule has 0 N–H and O–H groups in total. The van der Waals surface area contributed by atoms with Crippen LogP contribution >= 0.6 is 0 Å². The molecule has 0 amide bonds. The molecule has 5 rings (SSSR count). The molecule has 186 valence electrons. The third-order valence-corrected chi connectivity index (χ3v) is 6.10. The molecule has 0 fully saturated rings. The lowest BCUT2D eigenvalue weighted by Gasteiger charge is -2.18. The van der Waals surface area contributed by atoms with Crippen molar-refractivity contribution in [2.75, 3.05) is 13.7 Å². The van der Waals surface area contributed by atoms with E-state index in [9.17, 15) is 13.2 Å². The van der Waals surface area contributed by atoms with Crippen LogP contribution in [0.4, 0.5) is 13.2 Å². The lowest BCUT2D eigenvalue weighted by atomic mass is 10.0. The standard InChI is InChI=1S/C27H24F3N3O3/c1-34-22-7-2-18(3-8-22)16-35-17-21-6-11-24-32-25(26(33(21)24)20-12-14-31-15-13-20)19-4-9-23(10-5-19)36-27(28,29)30/h2-5,7-10,12-15,21H,6,11,16-17H2,1H3. The Bertz CT molecular complexity index is 1300. The van der Waals surface area contributed by atoms with Crippen LogP contribution in [0.1, 0.15) is 23.9 Å². The van der Waals surface area contributed by atoms with Crippen LogP contribution in [-0.2, 0) is 17.8 Å². The Morgan fingerprint density at radius 1 is 0.917 bits per heavy atom. The summed E-state index contributed by atoms with van der Waals surface area (Å²) >= 11 is 0. The van der Waals surface area contributed by atoms with Gasteiger partial charge in [-0.05, 0) is 60.5 Å². The van der Waals surface area contributed by atoms with Crippen LogP contribution in [0.2, 0.25) is 0 Å². The van der Waals surface area contributed by atoms with E-state index in [4.69, 9.17) is 14.5 Å². The average molecular weight is 496 g/mol. The lowest BCUT2D eigenvalue weighted by Crippen LogP contribution is -2.16. The molecule has 6 nitrogen and oxygen atoms in total. The van der Waals surface area contributed by atoms with E-state index in [0.29, 0.717) is 24.5 Å². The van der Waals surface area contributed by atoms with Crippen LogP contribution < -0.4 is 9.47 Å². The molecule has 1 atom stereocenters. The number of benzene rings is 2. The summed E-state index contributed by atoms with van der Waals surface area (Å²) in [6.07, 6.45) is 0.358. The number of pyridine rings is 1. The van der Waals surface area contributed by atoms with Gasteiger partial charge >= 0.3 is 6.36 Å². The van der Waals surface area contributed by atoms with Crippen molar-refractivity contribution >= 4 is 0 Å². The van der Waals surface area contributed by atoms with E-state index in [2.05, 4.69) is 14.3 Å². The molecule has 0 bridgehead atoms. The van der Waals surface area contributed by atoms with E-state index in [1.807, 2.05) is 36.4 Å². The molecule has 36 heavy (non-hydrogen) atoms. The molecule has 4 aromatic rings. The summed E-state index contributed by atoms with van der Waals surface area (Å²) < 4.78 is 55.3. The second-order valence-corrected chi connectivity index (χ2v) is 8.46. The predicted octanol–water partition coefficient (Wildman–Crippen LogP) is 6.22. The zero-order valence-corrected chi connectivity index (χ0v) is 19.5. The molecule has 0 spiro atoms. The van der Waals surface area contributed by atoms with Gasteiger partial charge < -0.3 is 18.8 Å². The topological polar surface area (TPSA) is 58.4 Å². The summed E-state index contributed by atoms with van der Waals surface area (Å²) in [5.74, 6) is 1.45. The molecule has 1 unspecified atom stereocenters. The summed E-state index contributed by atoms with van der Waals surface area (Å²) in [4.78, 5) is 9.01. The number of halogens is 3. The number of rotatable bonds is 8. The lowest BCUT2D eigenvalue weighted by molar-refractivity contribution is -0.274. The Balaban J connectivity index is 1.41. The Hall–Kier alpha value is -3.85. The third kappa shape index (κ3) is 5.21. The smallest absolute Gasteiger partial charge is 0.497 e. The Morgan fingerprint density at radius 2 is 1.61 bits per heavy atom. The van der Waals surface area contributed by atoms with Gasteiger partial charge in [-0.2, -0.15) is 0 Å². The molecule has 1 aliphatic rings. The number of aryl methyl sites for hydroxylation is 1. The number of fused-ring (bicyclic) bond motifs is 1. The maximum Gasteiger partial charge on any atom is 0.573 e. The van der Waals surface area contributed by atoms with Crippen molar-refractivity contribution in [1.82, 2.24) is 14.5 Å². The summed E-state index contributed by atoms with van der Waals surface area (Å²) in [5.41, 5.74) is 4.28. The first-order chi connectivity index (χ1) is 17.4. The maximum atomic E-state index is 12.6. The van der Waals surface area contributed by atoms with Crippen molar-refractivity contribution in [2.45, 2.75) is 31.9 Å². The van der Waals surface area contributed by atoms with Gasteiger partial charge in [0.25, 0.3) is 0 Å². The number of hydrogen-bond acceptors (Lipinski definition) is 5.